The van der Waals surface area contributed by atoms with E-state index in [9.17, 15) is 0 Å². The van der Waals surface area contributed by atoms with Gasteiger partial charge in [0.05, 0.1) is 32.1 Å². The normalized spacial score (nSPS) is 14.6. The third kappa shape index (κ3) is 4.76. The van der Waals surface area contributed by atoms with Gasteiger partial charge in [0.15, 0.2) is 0 Å². The van der Waals surface area contributed by atoms with Crippen LogP contribution < -0.4 is 14.4 Å². The van der Waals surface area contributed by atoms with Gasteiger partial charge in [0, 0.05) is 36.6 Å². The highest BCUT2D eigenvalue weighted by molar-refractivity contribution is 5.86. The fourth-order valence-electron chi connectivity index (χ4n) is 2.87. The molecular weight excluding hydrogens is 328 g/mol. The molecule has 0 atom stereocenters. The Morgan fingerprint density at radius 2 is 1.73 bits per heavy atom. The first kappa shape index (κ1) is 18.3. The number of morpholine rings is 1. The van der Waals surface area contributed by atoms with Crippen LogP contribution in [0.1, 0.15) is 19.4 Å². The molecule has 1 fully saturated rings. The summed E-state index contributed by atoms with van der Waals surface area (Å²) in [5.41, 5.74) is 3.06. The Morgan fingerprint density at radius 1 is 1.00 bits per heavy atom. The van der Waals surface area contributed by atoms with Gasteiger partial charge in [-0.2, -0.15) is 0 Å². The van der Waals surface area contributed by atoms with E-state index in [1.54, 1.807) is 0 Å². The largest absolute Gasteiger partial charge is 0.494 e. The lowest BCUT2D eigenvalue weighted by atomic mass is 10.2. The second-order valence-electron chi connectivity index (χ2n) is 5.94. The predicted octanol–water partition coefficient (Wildman–Crippen LogP) is 4.07. The van der Waals surface area contributed by atoms with Gasteiger partial charge in [-0.3, -0.25) is 4.99 Å². The average Bonchev–Trinajstić information content (AvgIpc) is 2.69. The maximum Gasteiger partial charge on any atom is 0.131 e. The summed E-state index contributed by atoms with van der Waals surface area (Å²) in [6.07, 6.45) is 1.84. The lowest BCUT2D eigenvalue weighted by Crippen LogP contribution is -2.36. The van der Waals surface area contributed by atoms with E-state index in [2.05, 4.69) is 22.0 Å². The van der Waals surface area contributed by atoms with Crippen molar-refractivity contribution in [1.29, 1.82) is 0 Å². The Bertz CT molecular complexity index is 723. The summed E-state index contributed by atoms with van der Waals surface area (Å²) in [5, 5.41) is 0. The second-order valence-corrected chi connectivity index (χ2v) is 5.94. The van der Waals surface area contributed by atoms with E-state index in [4.69, 9.17) is 14.2 Å². The van der Waals surface area contributed by atoms with Gasteiger partial charge in [-0.15, -0.1) is 0 Å². The molecule has 0 N–H and O–H groups in total. The minimum Gasteiger partial charge on any atom is -0.494 e. The van der Waals surface area contributed by atoms with Crippen LogP contribution in [-0.2, 0) is 4.74 Å². The van der Waals surface area contributed by atoms with E-state index in [1.165, 1.54) is 5.69 Å². The first-order chi connectivity index (χ1) is 12.8. The highest BCUT2D eigenvalue weighted by Crippen LogP contribution is 2.25. The minimum absolute atomic E-state index is 0.602. The molecule has 2 aromatic rings. The Balaban J connectivity index is 1.72. The number of anilines is 1. The second kappa shape index (κ2) is 9.25. The third-order valence-electron chi connectivity index (χ3n) is 4.17. The lowest BCUT2D eigenvalue weighted by Gasteiger charge is -2.28. The van der Waals surface area contributed by atoms with Crippen molar-refractivity contribution < 1.29 is 14.2 Å². The zero-order valence-electron chi connectivity index (χ0n) is 15.5. The molecule has 0 aliphatic carbocycles. The molecule has 0 aromatic heterocycles. The molecule has 0 bridgehead atoms. The Kier molecular flexibility index (Phi) is 6.50. The van der Waals surface area contributed by atoms with E-state index in [-0.39, 0.29) is 0 Å². The summed E-state index contributed by atoms with van der Waals surface area (Å²) in [6.45, 7) is 8.63. The first-order valence-corrected chi connectivity index (χ1v) is 9.16. The van der Waals surface area contributed by atoms with Gasteiger partial charge in [-0.25, -0.2) is 0 Å². The third-order valence-corrected chi connectivity index (χ3v) is 4.17. The van der Waals surface area contributed by atoms with Crippen molar-refractivity contribution in [3.05, 3.63) is 48.0 Å². The first-order valence-electron chi connectivity index (χ1n) is 9.16. The van der Waals surface area contributed by atoms with Crippen molar-refractivity contribution in [2.45, 2.75) is 13.8 Å². The number of benzene rings is 2. The summed E-state index contributed by atoms with van der Waals surface area (Å²) in [4.78, 5) is 6.92. The summed E-state index contributed by atoms with van der Waals surface area (Å²) >= 11 is 0. The van der Waals surface area contributed by atoms with E-state index < -0.39 is 0 Å². The fourth-order valence-corrected chi connectivity index (χ4v) is 2.87. The fraction of sp³-hybridized carbons (Fsp3) is 0.381. The van der Waals surface area contributed by atoms with Crippen LogP contribution in [0.2, 0.25) is 0 Å². The van der Waals surface area contributed by atoms with Gasteiger partial charge in [0.2, 0.25) is 0 Å². The van der Waals surface area contributed by atoms with E-state index in [0.717, 1.165) is 49.1 Å². The van der Waals surface area contributed by atoms with Gasteiger partial charge in [-0.05, 0) is 50.2 Å². The molecule has 0 saturated carbocycles. The predicted molar refractivity (Wildman–Crippen MR) is 106 cm³/mol. The molecule has 5 nitrogen and oxygen atoms in total. The Labute approximate surface area is 155 Å². The van der Waals surface area contributed by atoms with Crippen LogP contribution in [0.3, 0.4) is 0 Å². The van der Waals surface area contributed by atoms with Gasteiger partial charge >= 0.3 is 0 Å². The number of aliphatic imine (C=N–C) groups is 1. The van der Waals surface area contributed by atoms with E-state index >= 15 is 0 Å². The van der Waals surface area contributed by atoms with Gasteiger partial charge < -0.3 is 19.1 Å². The van der Waals surface area contributed by atoms with Crippen molar-refractivity contribution in [3.63, 3.8) is 0 Å². The molecule has 0 radical (unpaired) electrons. The zero-order chi connectivity index (χ0) is 18.2. The van der Waals surface area contributed by atoms with Gasteiger partial charge in [0.25, 0.3) is 0 Å². The molecule has 1 saturated heterocycles. The molecule has 26 heavy (non-hydrogen) atoms. The lowest BCUT2D eigenvalue weighted by molar-refractivity contribution is 0.122. The summed E-state index contributed by atoms with van der Waals surface area (Å²) in [5.74, 6) is 1.59. The molecule has 1 aliphatic rings. The molecular formula is C21H26N2O3. The molecule has 0 unspecified atom stereocenters. The standard InChI is InChI=1S/C21H26N2O3/c1-3-25-20-10-5-17(21(15-20)26-4-2)16-22-18-6-8-19(9-7-18)23-11-13-24-14-12-23/h5-10,15-16H,3-4,11-14H2,1-2H3. The van der Waals surface area contributed by atoms with Crippen LogP contribution in [0.5, 0.6) is 11.5 Å². The van der Waals surface area contributed by atoms with Crippen LogP contribution in [0.4, 0.5) is 11.4 Å². The van der Waals surface area contributed by atoms with Gasteiger partial charge in [0.1, 0.15) is 11.5 Å². The number of nitrogens with zero attached hydrogens (tertiary/aromatic N) is 2. The summed E-state index contributed by atoms with van der Waals surface area (Å²) in [7, 11) is 0. The molecule has 1 aliphatic heterocycles. The molecule has 0 amide bonds. The molecule has 5 heteroatoms. The zero-order valence-corrected chi connectivity index (χ0v) is 15.5. The van der Waals surface area contributed by atoms with Crippen molar-refractivity contribution in [1.82, 2.24) is 0 Å². The quantitative estimate of drug-likeness (QED) is 0.703. The highest BCUT2D eigenvalue weighted by Gasteiger charge is 2.10. The summed E-state index contributed by atoms with van der Waals surface area (Å²) < 4.78 is 16.7. The van der Waals surface area contributed by atoms with Crippen LogP contribution in [0.15, 0.2) is 47.5 Å². The molecule has 3 rings (SSSR count). The van der Waals surface area contributed by atoms with Crippen molar-refractivity contribution >= 4 is 17.6 Å². The average molecular weight is 354 g/mol. The Morgan fingerprint density at radius 3 is 2.42 bits per heavy atom. The topological polar surface area (TPSA) is 43.3 Å². The number of rotatable bonds is 7. The van der Waals surface area contributed by atoms with Crippen LogP contribution in [0.25, 0.3) is 0 Å². The Hall–Kier alpha value is -2.53. The SMILES string of the molecule is CCOc1ccc(C=Nc2ccc(N3CCOCC3)cc2)c(OCC)c1. The van der Waals surface area contributed by atoms with Crippen LogP contribution in [0, 0.1) is 0 Å². The number of ether oxygens (including phenoxy) is 3. The highest BCUT2D eigenvalue weighted by atomic mass is 16.5. The smallest absolute Gasteiger partial charge is 0.131 e. The van der Waals surface area contributed by atoms with Crippen LogP contribution in [-0.4, -0.2) is 45.7 Å². The molecule has 2 aromatic carbocycles. The van der Waals surface area contributed by atoms with Crippen molar-refractivity contribution in [2.75, 3.05) is 44.4 Å². The van der Waals surface area contributed by atoms with Crippen molar-refractivity contribution in [3.8, 4) is 11.5 Å². The monoisotopic (exact) mass is 354 g/mol. The molecule has 138 valence electrons. The molecule has 1 heterocycles. The number of hydrogen-bond acceptors (Lipinski definition) is 5. The summed E-state index contributed by atoms with van der Waals surface area (Å²) in [6, 6.07) is 14.1. The maximum absolute atomic E-state index is 5.72. The minimum atomic E-state index is 0.602. The van der Waals surface area contributed by atoms with E-state index in [1.807, 2.05) is 50.4 Å². The van der Waals surface area contributed by atoms with Gasteiger partial charge in [-0.1, -0.05) is 0 Å². The maximum atomic E-state index is 5.72. The van der Waals surface area contributed by atoms with E-state index in [0.29, 0.717) is 13.2 Å². The van der Waals surface area contributed by atoms with Crippen LogP contribution >= 0.6 is 0 Å². The molecule has 0 spiro atoms. The number of hydrogen-bond donors (Lipinski definition) is 0. The van der Waals surface area contributed by atoms with Crippen molar-refractivity contribution in [2.24, 2.45) is 4.99 Å².